The normalized spacial score (nSPS) is 12.9. The van der Waals surface area contributed by atoms with Crippen LogP contribution in [0.5, 0.6) is 5.75 Å². The maximum Gasteiger partial charge on any atom is 0.137 e. The van der Waals surface area contributed by atoms with Gasteiger partial charge in [-0.1, -0.05) is 31.5 Å². The molecule has 0 fully saturated rings. The maximum atomic E-state index is 6.06. The van der Waals surface area contributed by atoms with Crippen molar-refractivity contribution < 1.29 is 4.74 Å². The zero-order valence-corrected chi connectivity index (χ0v) is 10.4. The quantitative estimate of drug-likeness (QED) is 0.851. The highest BCUT2D eigenvalue weighted by molar-refractivity contribution is 6.32. The van der Waals surface area contributed by atoms with Crippen molar-refractivity contribution in [2.45, 2.75) is 32.9 Å². The molecule has 84 valence electrons. The summed E-state index contributed by atoms with van der Waals surface area (Å²) in [6.07, 6.45) is 0. The van der Waals surface area contributed by atoms with E-state index in [9.17, 15) is 0 Å². The first-order chi connectivity index (χ1) is 7.04. The van der Waals surface area contributed by atoms with Crippen molar-refractivity contribution in [1.29, 1.82) is 0 Å². The fourth-order valence-electron chi connectivity index (χ4n) is 1.55. The van der Waals surface area contributed by atoms with E-state index in [1.807, 2.05) is 18.2 Å². The van der Waals surface area contributed by atoms with Crippen molar-refractivity contribution in [1.82, 2.24) is 5.32 Å². The molecule has 0 aliphatic heterocycles. The summed E-state index contributed by atoms with van der Waals surface area (Å²) < 4.78 is 5.11. The minimum atomic E-state index is 0.299. The predicted molar refractivity (Wildman–Crippen MR) is 64.7 cm³/mol. The van der Waals surface area contributed by atoms with Crippen LogP contribution < -0.4 is 10.1 Å². The summed E-state index contributed by atoms with van der Waals surface area (Å²) >= 11 is 6.06. The van der Waals surface area contributed by atoms with E-state index >= 15 is 0 Å². The van der Waals surface area contributed by atoms with Crippen LogP contribution in [0.3, 0.4) is 0 Å². The molecule has 1 unspecified atom stereocenters. The highest BCUT2D eigenvalue weighted by Crippen LogP contribution is 2.27. The average Bonchev–Trinajstić information content (AvgIpc) is 2.16. The molecular weight excluding hydrogens is 210 g/mol. The molecule has 3 heteroatoms. The van der Waals surface area contributed by atoms with E-state index < -0.39 is 0 Å². The highest BCUT2D eigenvalue weighted by atomic mass is 35.5. The standard InChI is InChI=1S/C12H18ClNO/c1-8(2)14-9(3)10-5-6-12(15-4)11(13)7-10/h5-9,14H,1-4H3. The van der Waals surface area contributed by atoms with E-state index in [-0.39, 0.29) is 0 Å². The third-order valence-electron chi connectivity index (χ3n) is 2.26. The van der Waals surface area contributed by atoms with Gasteiger partial charge in [0.25, 0.3) is 0 Å². The molecule has 0 saturated heterocycles. The lowest BCUT2D eigenvalue weighted by Gasteiger charge is -2.17. The molecule has 0 aliphatic rings. The number of methoxy groups -OCH3 is 1. The van der Waals surface area contributed by atoms with Gasteiger partial charge in [-0.15, -0.1) is 0 Å². The van der Waals surface area contributed by atoms with Gasteiger partial charge in [-0.05, 0) is 24.6 Å². The Morgan fingerprint density at radius 1 is 1.27 bits per heavy atom. The van der Waals surface area contributed by atoms with Crippen LogP contribution in [0.4, 0.5) is 0 Å². The summed E-state index contributed by atoms with van der Waals surface area (Å²) in [5.41, 5.74) is 1.18. The first kappa shape index (κ1) is 12.3. The maximum absolute atomic E-state index is 6.06. The summed E-state index contributed by atoms with van der Waals surface area (Å²) in [7, 11) is 1.62. The van der Waals surface area contributed by atoms with E-state index in [0.717, 1.165) is 5.75 Å². The number of hydrogen-bond donors (Lipinski definition) is 1. The minimum Gasteiger partial charge on any atom is -0.495 e. The number of ether oxygens (including phenoxy) is 1. The first-order valence-electron chi connectivity index (χ1n) is 5.14. The molecule has 0 aromatic heterocycles. The zero-order chi connectivity index (χ0) is 11.4. The van der Waals surface area contributed by atoms with Crippen LogP contribution in [0, 0.1) is 0 Å². The Morgan fingerprint density at radius 3 is 2.40 bits per heavy atom. The summed E-state index contributed by atoms with van der Waals surface area (Å²) in [4.78, 5) is 0. The second-order valence-electron chi connectivity index (χ2n) is 3.94. The van der Waals surface area contributed by atoms with Crippen LogP contribution in [0.1, 0.15) is 32.4 Å². The molecule has 0 bridgehead atoms. The van der Waals surface area contributed by atoms with E-state index in [1.165, 1.54) is 5.56 Å². The van der Waals surface area contributed by atoms with Gasteiger partial charge in [-0.2, -0.15) is 0 Å². The molecular formula is C12H18ClNO. The number of nitrogens with one attached hydrogen (secondary N) is 1. The molecule has 0 saturated carbocycles. The predicted octanol–water partition coefficient (Wildman–Crippen LogP) is 3.41. The van der Waals surface area contributed by atoms with Crippen molar-refractivity contribution >= 4 is 11.6 Å². The molecule has 1 N–H and O–H groups in total. The van der Waals surface area contributed by atoms with Crippen LogP contribution in [0.2, 0.25) is 5.02 Å². The van der Waals surface area contributed by atoms with Gasteiger partial charge >= 0.3 is 0 Å². The molecule has 0 aliphatic carbocycles. The van der Waals surface area contributed by atoms with Crippen LogP contribution >= 0.6 is 11.6 Å². The Hall–Kier alpha value is -0.730. The van der Waals surface area contributed by atoms with Gasteiger partial charge in [0.05, 0.1) is 12.1 Å². The number of rotatable bonds is 4. The van der Waals surface area contributed by atoms with Gasteiger partial charge in [0, 0.05) is 12.1 Å². The van der Waals surface area contributed by atoms with Gasteiger partial charge in [0.1, 0.15) is 5.75 Å². The summed E-state index contributed by atoms with van der Waals surface area (Å²) in [6.45, 7) is 6.38. The van der Waals surface area contributed by atoms with Crippen LogP contribution in [-0.2, 0) is 0 Å². The van der Waals surface area contributed by atoms with Crippen molar-refractivity contribution in [2.75, 3.05) is 7.11 Å². The summed E-state index contributed by atoms with van der Waals surface area (Å²) in [5, 5.41) is 4.08. The lowest BCUT2D eigenvalue weighted by molar-refractivity contribution is 0.414. The lowest BCUT2D eigenvalue weighted by Crippen LogP contribution is -2.25. The Bertz CT molecular complexity index is 325. The Kier molecular flexibility index (Phi) is 4.43. The molecule has 2 nitrogen and oxygen atoms in total. The Labute approximate surface area is 96.6 Å². The second kappa shape index (κ2) is 5.38. The average molecular weight is 228 g/mol. The minimum absolute atomic E-state index is 0.299. The summed E-state index contributed by atoms with van der Waals surface area (Å²) in [5.74, 6) is 0.720. The number of benzene rings is 1. The fourth-order valence-corrected chi connectivity index (χ4v) is 1.81. The van der Waals surface area contributed by atoms with Gasteiger partial charge in [-0.25, -0.2) is 0 Å². The highest BCUT2D eigenvalue weighted by Gasteiger charge is 2.08. The molecule has 0 amide bonds. The zero-order valence-electron chi connectivity index (χ0n) is 9.67. The van der Waals surface area contributed by atoms with Crippen molar-refractivity contribution in [3.8, 4) is 5.75 Å². The molecule has 0 spiro atoms. The molecule has 0 heterocycles. The topological polar surface area (TPSA) is 21.3 Å². The monoisotopic (exact) mass is 227 g/mol. The van der Waals surface area contributed by atoms with Crippen molar-refractivity contribution in [3.05, 3.63) is 28.8 Å². The molecule has 1 rings (SSSR count). The van der Waals surface area contributed by atoms with E-state index in [2.05, 4.69) is 26.1 Å². The lowest BCUT2D eigenvalue weighted by atomic mass is 10.1. The number of halogens is 1. The smallest absolute Gasteiger partial charge is 0.137 e. The van der Waals surface area contributed by atoms with E-state index in [4.69, 9.17) is 16.3 Å². The third kappa shape index (κ3) is 3.40. The van der Waals surface area contributed by atoms with Gasteiger partial charge in [-0.3, -0.25) is 0 Å². The molecule has 1 aromatic carbocycles. The van der Waals surface area contributed by atoms with E-state index in [0.29, 0.717) is 17.1 Å². The summed E-state index contributed by atoms with van der Waals surface area (Å²) in [6, 6.07) is 6.63. The second-order valence-corrected chi connectivity index (χ2v) is 4.34. The molecule has 15 heavy (non-hydrogen) atoms. The fraction of sp³-hybridized carbons (Fsp3) is 0.500. The Morgan fingerprint density at radius 2 is 1.93 bits per heavy atom. The van der Waals surface area contributed by atoms with Gasteiger partial charge < -0.3 is 10.1 Å². The SMILES string of the molecule is COc1ccc(C(C)NC(C)C)cc1Cl. The van der Waals surface area contributed by atoms with Crippen molar-refractivity contribution in [3.63, 3.8) is 0 Å². The molecule has 0 radical (unpaired) electrons. The van der Waals surface area contributed by atoms with Crippen molar-refractivity contribution in [2.24, 2.45) is 0 Å². The van der Waals surface area contributed by atoms with E-state index in [1.54, 1.807) is 7.11 Å². The van der Waals surface area contributed by atoms with Gasteiger partial charge in [0.2, 0.25) is 0 Å². The van der Waals surface area contributed by atoms with Crippen LogP contribution in [0.15, 0.2) is 18.2 Å². The largest absolute Gasteiger partial charge is 0.495 e. The first-order valence-corrected chi connectivity index (χ1v) is 5.52. The van der Waals surface area contributed by atoms with Gasteiger partial charge in [0.15, 0.2) is 0 Å². The third-order valence-corrected chi connectivity index (χ3v) is 2.55. The number of hydrogen-bond acceptors (Lipinski definition) is 2. The Balaban J connectivity index is 2.82. The molecule has 1 atom stereocenters. The molecule has 1 aromatic rings. The van der Waals surface area contributed by atoms with Crippen LogP contribution in [-0.4, -0.2) is 13.2 Å². The van der Waals surface area contributed by atoms with Crippen LogP contribution in [0.25, 0.3) is 0 Å².